The number of hydrogen-bond acceptors (Lipinski definition) is 1. The first-order valence-electron chi connectivity index (χ1n) is 5.46. The van der Waals surface area contributed by atoms with Crippen molar-refractivity contribution in [2.45, 2.75) is 17.7 Å². The van der Waals surface area contributed by atoms with Gasteiger partial charge in [0.05, 0.1) is 5.02 Å². The Morgan fingerprint density at radius 1 is 1.47 bits per heavy atom. The predicted octanol–water partition coefficient (Wildman–Crippen LogP) is 4.10. The van der Waals surface area contributed by atoms with Gasteiger partial charge in [0.2, 0.25) is 0 Å². The van der Waals surface area contributed by atoms with Gasteiger partial charge in [-0.1, -0.05) is 27.5 Å². The van der Waals surface area contributed by atoms with Crippen molar-refractivity contribution in [3.63, 3.8) is 0 Å². The van der Waals surface area contributed by atoms with Gasteiger partial charge in [0.25, 0.3) is 5.91 Å². The van der Waals surface area contributed by atoms with Crippen molar-refractivity contribution in [1.29, 1.82) is 0 Å². The van der Waals surface area contributed by atoms with Crippen molar-refractivity contribution in [2.24, 2.45) is 0 Å². The van der Waals surface area contributed by atoms with Crippen LogP contribution in [0.5, 0.6) is 0 Å². The van der Waals surface area contributed by atoms with E-state index in [2.05, 4.69) is 31.9 Å². The van der Waals surface area contributed by atoms with Crippen LogP contribution in [-0.4, -0.2) is 28.7 Å². The lowest BCUT2D eigenvalue weighted by molar-refractivity contribution is 0.0730. The third kappa shape index (κ3) is 3.24. The van der Waals surface area contributed by atoms with Crippen molar-refractivity contribution in [3.05, 3.63) is 33.3 Å². The van der Waals surface area contributed by atoms with Gasteiger partial charge in [0.1, 0.15) is 0 Å². The summed E-state index contributed by atoms with van der Waals surface area (Å²) in [6, 6.07) is 5.33. The summed E-state index contributed by atoms with van der Waals surface area (Å²) in [6.45, 7) is 1.60. The molecule has 0 bridgehead atoms. The normalized spacial score (nSPS) is 20.4. The lowest BCUT2D eigenvalue weighted by Gasteiger charge is -2.30. The number of carbonyl (C=O) groups is 1. The molecule has 0 aliphatic carbocycles. The molecule has 1 atom stereocenters. The molecule has 0 aromatic heterocycles. The van der Waals surface area contributed by atoms with E-state index in [4.69, 9.17) is 11.6 Å². The molecule has 0 saturated carbocycles. The highest BCUT2D eigenvalue weighted by atomic mass is 79.9. The number of rotatable bonds is 1. The van der Waals surface area contributed by atoms with E-state index in [9.17, 15) is 4.79 Å². The summed E-state index contributed by atoms with van der Waals surface area (Å²) in [6.07, 6.45) is 2.18. The van der Waals surface area contributed by atoms with Crippen LogP contribution in [0.15, 0.2) is 22.7 Å². The Labute approximate surface area is 123 Å². The molecule has 1 aromatic carbocycles. The van der Waals surface area contributed by atoms with Gasteiger partial charge >= 0.3 is 0 Å². The number of carbonyl (C=O) groups excluding carboxylic acids is 1. The zero-order valence-electron chi connectivity index (χ0n) is 9.13. The molecule has 1 saturated heterocycles. The Morgan fingerprint density at radius 2 is 2.24 bits per heavy atom. The Balaban J connectivity index is 2.15. The van der Waals surface area contributed by atoms with Gasteiger partial charge in [-0.2, -0.15) is 0 Å². The molecular formula is C12H12Br2ClNO. The molecule has 2 nitrogen and oxygen atoms in total. The van der Waals surface area contributed by atoms with Crippen LogP contribution in [0.4, 0.5) is 0 Å². The summed E-state index contributed by atoms with van der Waals surface area (Å²) in [5, 5.41) is 0.572. The number of benzene rings is 1. The SMILES string of the molecule is O=C(c1ccc(Br)c(Cl)c1)N1CCCC(Br)C1. The molecule has 1 fully saturated rings. The van der Waals surface area contributed by atoms with E-state index in [1.54, 1.807) is 12.1 Å². The summed E-state index contributed by atoms with van der Waals surface area (Å²) in [4.78, 5) is 14.5. The minimum Gasteiger partial charge on any atom is -0.338 e. The van der Waals surface area contributed by atoms with Crippen molar-refractivity contribution in [3.8, 4) is 0 Å². The fourth-order valence-electron chi connectivity index (χ4n) is 1.92. The monoisotopic (exact) mass is 379 g/mol. The van der Waals surface area contributed by atoms with Gasteiger partial charge < -0.3 is 4.90 Å². The topological polar surface area (TPSA) is 20.3 Å². The van der Waals surface area contributed by atoms with E-state index in [1.807, 2.05) is 11.0 Å². The van der Waals surface area contributed by atoms with Crippen LogP contribution >= 0.6 is 43.5 Å². The number of nitrogens with zero attached hydrogens (tertiary/aromatic N) is 1. The van der Waals surface area contributed by atoms with Crippen LogP contribution < -0.4 is 0 Å². The molecule has 0 N–H and O–H groups in total. The molecule has 17 heavy (non-hydrogen) atoms. The summed E-state index contributed by atoms with van der Waals surface area (Å²) in [5.74, 6) is 0.0588. The van der Waals surface area contributed by atoms with Crippen molar-refractivity contribution < 1.29 is 4.79 Å². The second-order valence-corrected chi connectivity index (χ2v) is 6.68. The molecule has 1 aliphatic heterocycles. The summed E-state index contributed by atoms with van der Waals surface area (Å²) >= 11 is 12.9. The molecule has 1 amide bonds. The maximum Gasteiger partial charge on any atom is 0.253 e. The molecule has 5 heteroatoms. The third-order valence-electron chi connectivity index (χ3n) is 2.82. The largest absolute Gasteiger partial charge is 0.338 e. The molecule has 1 aliphatic rings. The number of likely N-dealkylation sites (tertiary alicyclic amines) is 1. The molecule has 0 radical (unpaired) electrons. The quantitative estimate of drug-likeness (QED) is 0.671. The van der Waals surface area contributed by atoms with Gasteiger partial charge in [-0.15, -0.1) is 0 Å². The molecule has 1 unspecified atom stereocenters. The Bertz CT molecular complexity index is 439. The van der Waals surface area contributed by atoms with Gasteiger partial charge in [-0.05, 0) is 47.0 Å². The smallest absolute Gasteiger partial charge is 0.253 e. The molecule has 0 spiro atoms. The summed E-state index contributed by atoms with van der Waals surface area (Å²) < 4.78 is 0.813. The van der Waals surface area contributed by atoms with Crippen molar-refractivity contribution in [2.75, 3.05) is 13.1 Å². The predicted molar refractivity (Wildman–Crippen MR) is 77.0 cm³/mol. The van der Waals surface area contributed by atoms with Crippen LogP contribution in [-0.2, 0) is 0 Å². The van der Waals surface area contributed by atoms with Gasteiger partial charge in [0.15, 0.2) is 0 Å². The first-order valence-corrected chi connectivity index (χ1v) is 7.55. The van der Waals surface area contributed by atoms with Crippen LogP contribution in [0, 0.1) is 0 Å². The standard InChI is InChI=1S/C12H12Br2ClNO/c13-9-2-1-5-16(7-9)12(17)8-3-4-10(14)11(15)6-8/h3-4,6,9H,1-2,5,7H2. The van der Waals surface area contributed by atoms with E-state index in [1.165, 1.54) is 0 Å². The summed E-state index contributed by atoms with van der Waals surface area (Å²) in [7, 11) is 0. The zero-order valence-corrected chi connectivity index (χ0v) is 13.1. The Kier molecular flexibility index (Phi) is 4.50. The van der Waals surface area contributed by atoms with Crippen LogP contribution in [0.1, 0.15) is 23.2 Å². The summed E-state index contributed by atoms with van der Waals surface area (Å²) in [5.41, 5.74) is 0.653. The van der Waals surface area contributed by atoms with Crippen molar-refractivity contribution in [1.82, 2.24) is 4.90 Å². The van der Waals surface area contributed by atoms with Gasteiger partial charge in [-0.3, -0.25) is 4.79 Å². The van der Waals surface area contributed by atoms with E-state index in [-0.39, 0.29) is 5.91 Å². The first-order chi connectivity index (χ1) is 8.08. The first kappa shape index (κ1) is 13.4. The van der Waals surface area contributed by atoms with Crippen molar-refractivity contribution >= 4 is 49.4 Å². The minimum absolute atomic E-state index is 0.0588. The second kappa shape index (κ2) is 5.72. The average Bonchev–Trinajstić information content (AvgIpc) is 2.32. The number of amides is 1. The number of alkyl halides is 1. The highest BCUT2D eigenvalue weighted by molar-refractivity contribution is 9.10. The fourth-order valence-corrected chi connectivity index (χ4v) is 3.02. The number of hydrogen-bond donors (Lipinski definition) is 0. The third-order valence-corrected chi connectivity index (χ3v) is 4.80. The fraction of sp³-hybridized carbons (Fsp3) is 0.417. The van der Waals surface area contributed by atoms with E-state index < -0.39 is 0 Å². The number of piperidine rings is 1. The van der Waals surface area contributed by atoms with Gasteiger partial charge in [-0.25, -0.2) is 0 Å². The lowest BCUT2D eigenvalue weighted by Crippen LogP contribution is -2.40. The molecule has 1 heterocycles. The highest BCUT2D eigenvalue weighted by Crippen LogP contribution is 2.25. The maximum atomic E-state index is 12.2. The lowest BCUT2D eigenvalue weighted by atomic mass is 10.1. The second-order valence-electron chi connectivity index (χ2n) is 4.12. The van der Waals surface area contributed by atoms with Crippen LogP contribution in [0.2, 0.25) is 5.02 Å². The average molecular weight is 381 g/mol. The van der Waals surface area contributed by atoms with Gasteiger partial charge in [0, 0.05) is 28.0 Å². The highest BCUT2D eigenvalue weighted by Gasteiger charge is 2.23. The van der Waals surface area contributed by atoms with E-state index in [0.29, 0.717) is 15.4 Å². The number of halogens is 3. The van der Waals surface area contributed by atoms with E-state index >= 15 is 0 Å². The molecule has 2 rings (SSSR count). The Morgan fingerprint density at radius 3 is 2.88 bits per heavy atom. The maximum absolute atomic E-state index is 12.2. The Hall–Kier alpha value is -0.0600. The zero-order chi connectivity index (χ0) is 12.4. The minimum atomic E-state index is 0.0588. The molecule has 1 aromatic rings. The van der Waals surface area contributed by atoms with Crippen LogP contribution in [0.25, 0.3) is 0 Å². The van der Waals surface area contributed by atoms with Crippen LogP contribution in [0.3, 0.4) is 0 Å². The molecule has 92 valence electrons. The molecular weight excluding hydrogens is 369 g/mol. The van der Waals surface area contributed by atoms with E-state index in [0.717, 1.165) is 30.4 Å².